The van der Waals surface area contributed by atoms with Crippen LogP contribution in [0.3, 0.4) is 0 Å². The molecule has 3 rings (SSSR count). The van der Waals surface area contributed by atoms with Crippen LogP contribution >= 0.6 is 0 Å². The summed E-state index contributed by atoms with van der Waals surface area (Å²) in [6, 6.07) is 7.32. The number of hydrogen-bond donors (Lipinski definition) is 2. The Balaban J connectivity index is 1.73. The highest BCUT2D eigenvalue weighted by atomic mass is 16.2. The van der Waals surface area contributed by atoms with Crippen molar-refractivity contribution in [2.24, 2.45) is 17.6 Å². The molecule has 1 aliphatic carbocycles. The fourth-order valence-electron chi connectivity index (χ4n) is 3.64. The number of para-hydroxylation sites is 1. The number of amides is 3. The van der Waals surface area contributed by atoms with E-state index in [0.717, 1.165) is 24.8 Å². The van der Waals surface area contributed by atoms with Gasteiger partial charge in [0.1, 0.15) is 0 Å². The number of rotatable bonds is 5. The van der Waals surface area contributed by atoms with Gasteiger partial charge in [0.05, 0.1) is 6.54 Å². The van der Waals surface area contributed by atoms with E-state index in [0.29, 0.717) is 12.2 Å². The minimum atomic E-state index is -0.153. The second kappa shape index (κ2) is 7.13. The Labute approximate surface area is 141 Å². The van der Waals surface area contributed by atoms with Crippen molar-refractivity contribution in [2.75, 3.05) is 11.9 Å². The van der Waals surface area contributed by atoms with Gasteiger partial charge >= 0.3 is 0 Å². The van der Waals surface area contributed by atoms with E-state index in [2.05, 4.69) is 5.32 Å². The molecule has 6 heteroatoms. The summed E-state index contributed by atoms with van der Waals surface area (Å²) in [6.07, 6.45) is 3.42. The lowest BCUT2D eigenvalue weighted by molar-refractivity contribution is -0.139. The Morgan fingerprint density at radius 1 is 1.17 bits per heavy atom. The van der Waals surface area contributed by atoms with E-state index >= 15 is 0 Å². The lowest BCUT2D eigenvalue weighted by Crippen LogP contribution is -2.31. The standard InChI is InChI=1S/C18H23N3O3/c19-10-12-5-3-6-14(12)18(24)20-15-7-2-1-4-13(15)11-21-16(22)8-9-17(21)23/h1-2,4,7,12,14H,3,5-6,8-11,19H2,(H,20,24)/t12-,14-/m1/s1. The van der Waals surface area contributed by atoms with Crippen molar-refractivity contribution in [2.45, 2.75) is 38.6 Å². The van der Waals surface area contributed by atoms with Gasteiger partial charge in [-0.3, -0.25) is 19.3 Å². The van der Waals surface area contributed by atoms with Crippen molar-refractivity contribution < 1.29 is 14.4 Å². The summed E-state index contributed by atoms with van der Waals surface area (Å²) in [6.45, 7) is 0.732. The molecule has 2 aliphatic rings. The quantitative estimate of drug-likeness (QED) is 0.803. The average molecular weight is 329 g/mol. The Morgan fingerprint density at radius 2 is 1.88 bits per heavy atom. The lowest BCUT2D eigenvalue weighted by atomic mass is 9.95. The Kier molecular flexibility index (Phi) is 4.94. The number of imide groups is 1. The molecule has 2 atom stereocenters. The molecule has 0 radical (unpaired) electrons. The summed E-state index contributed by atoms with van der Waals surface area (Å²) >= 11 is 0. The summed E-state index contributed by atoms with van der Waals surface area (Å²) in [5.41, 5.74) is 7.20. The molecule has 24 heavy (non-hydrogen) atoms. The van der Waals surface area contributed by atoms with E-state index in [9.17, 15) is 14.4 Å². The Hall–Kier alpha value is -2.21. The van der Waals surface area contributed by atoms with Crippen molar-refractivity contribution in [1.29, 1.82) is 0 Å². The number of anilines is 1. The average Bonchev–Trinajstić information content (AvgIpc) is 3.18. The molecule has 0 bridgehead atoms. The molecule has 1 heterocycles. The van der Waals surface area contributed by atoms with Crippen molar-refractivity contribution >= 4 is 23.4 Å². The molecule has 0 aromatic heterocycles. The van der Waals surface area contributed by atoms with Crippen LogP contribution in [0, 0.1) is 11.8 Å². The minimum absolute atomic E-state index is 0.0190. The molecule has 1 aromatic rings. The minimum Gasteiger partial charge on any atom is -0.330 e. The Morgan fingerprint density at radius 3 is 2.58 bits per heavy atom. The van der Waals surface area contributed by atoms with Gasteiger partial charge < -0.3 is 11.1 Å². The summed E-state index contributed by atoms with van der Waals surface area (Å²) in [5.74, 6) is -0.147. The van der Waals surface area contributed by atoms with Crippen LogP contribution < -0.4 is 11.1 Å². The van der Waals surface area contributed by atoms with Crippen LogP contribution in [0.2, 0.25) is 0 Å². The SMILES string of the molecule is NC[C@H]1CCC[C@H]1C(=O)Nc1ccccc1CN1C(=O)CCC1=O. The molecular weight excluding hydrogens is 306 g/mol. The van der Waals surface area contributed by atoms with Crippen LogP contribution in [-0.4, -0.2) is 29.2 Å². The van der Waals surface area contributed by atoms with E-state index in [4.69, 9.17) is 5.73 Å². The third kappa shape index (κ3) is 3.33. The van der Waals surface area contributed by atoms with Gasteiger partial charge in [0.25, 0.3) is 0 Å². The molecule has 3 N–H and O–H groups in total. The second-order valence-electron chi connectivity index (χ2n) is 6.55. The van der Waals surface area contributed by atoms with Crippen molar-refractivity contribution in [1.82, 2.24) is 4.90 Å². The third-order valence-corrected chi connectivity index (χ3v) is 5.06. The van der Waals surface area contributed by atoms with Gasteiger partial charge in [-0.25, -0.2) is 0 Å². The highest BCUT2D eigenvalue weighted by Gasteiger charge is 2.33. The zero-order chi connectivity index (χ0) is 17.1. The molecule has 2 fully saturated rings. The summed E-state index contributed by atoms with van der Waals surface area (Å²) in [5, 5.41) is 2.98. The maximum absolute atomic E-state index is 12.6. The van der Waals surface area contributed by atoms with E-state index in [1.165, 1.54) is 4.90 Å². The monoisotopic (exact) mass is 329 g/mol. The molecule has 3 amide bonds. The van der Waals surface area contributed by atoms with Crippen molar-refractivity contribution in [3.8, 4) is 0 Å². The first-order valence-corrected chi connectivity index (χ1v) is 8.52. The van der Waals surface area contributed by atoms with Crippen LogP contribution in [0.5, 0.6) is 0 Å². The maximum Gasteiger partial charge on any atom is 0.229 e. The smallest absolute Gasteiger partial charge is 0.229 e. The predicted molar refractivity (Wildman–Crippen MR) is 89.7 cm³/mol. The van der Waals surface area contributed by atoms with Crippen LogP contribution in [-0.2, 0) is 20.9 Å². The highest BCUT2D eigenvalue weighted by Crippen LogP contribution is 2.32. The number of likely N-dealkylation sites (tertiary alicyclic amines) is 1. The molecule has 1 aliphatic heterocycles. The number of nitrogens with two attached hydrogens (primary N) is 1. The van der Waals surface area contributed by atoms with Gasteiger partial charge in [0.2, 0.25) is 17.7 Å². The summed E-state index contributed by atoms with van der Waals surface area (Å²) in [7, 11) is 0. The molecule has 6 nitrogen and oxygen atoms in total. The van der Waals surface area contributed by atoms with E-state index in [-0.39, 0.29) is 48.9 Å². The predicted octanol–water partition coefficient (Wildman–Crippen LogP) is 1.65. The first-order valence-electron chi connectivity index (χ1n) is 8.52. The van der Waals surface area contributed by atoms with E-state index < -0.39 is 0 Å². The second-order valence-corrected chi connectivity index (χ2v) is 6.55. The van der Waals surface area contributed by atoms with Crippen LogP contribution in [0.15, 0.2) is 24.3 Å². The number of benzene rings is 1. The maximum atomic E-state index is 12.6. The van der Waals surface area contributed by atoms with E-state index in [1.807, 2.05) is 24.3 Å². The molecule has 1 saturated carbocycles. The zero-order valence-corrected chi connectivity index (χ0v) is 13.7. The van der Waals surface area contributed by atoms with Gasteiger partial charge in [-0.1, -0.05) is 24.6 Å². The van der Waals surface area contributed by atoms with Crippen LogP contribution in [0.4, 0.5) is 5.69 Å². The number of hydrogen-bond acceptors (Lipinski definition) is 4. The van der Waals surface area contributed by atoms with Crippen LogP contribution in [0.1, 0.15) is 37.7 Å². The van der Waals surface area contributed by atoms with E-state index in [1.54, 1.807) is 0 Å². The normalized spacial score (nSPS) is 23.8. The fraction of sp³-hybridized carbons (Fsp3) is 0.500. The van der Waals surface area contributed by atoms with Gasteiger partial charge in [-0.2, -0.15) is 0 Å². The third-order valence-electron chi connectivity index (χ3n) is 5.06. The van der Waals surface area contributed by atoms with Gasteiger partial charge in [0, 0.05) is 24.4 Å². The first kappa shape index (κ1) is 16.6. The largest absolute Gasteiger partial charge is 0.330 e. The number of carbonyl (C=O) groups is 3. The van der Waals surface area contributed by atoms with Crippen LogP contribution in [0.25, 0.3) is 0 Å². The van der Waals surface area contributed by atoms with Crippen molar-refractivity contribution in [3.63, 3.8) is 0 Å². The highest BCUT2D eigenvalue weighted by molar-refractivity contribution is 6.02. The fourth-order valence-corrected chi connectivity index (χ4v) is 3.64. The molecular formula is C18H23N3O3. The zero-order valence-electron chi connectivity index (χ0n) is 13.7. The number of nitrogens with zero attached hydrogens (tertiary/aromatic N) is 1. The van der Waals surface area contributed by atoms with Gasteiger partial charge in [0.15, 0.2) is 0 Å². The topological polar surface area (TPSA) is 92.5 Å². The Bertz CT molecular complexity index is 643. The summed E-state index contributed by atoms with van der Waals surface area (Å²) in [4.78, 5) is 37.5. The first-order chi connectivity index (χ1) is 11.6. The van der Waals surface area contributed by atoms with Gasteiger partial charge in [-0.05, 0) is 36.9 Å². The van der Waals surface area contributed by atoms with Gasteiger partial charge in [-0.15, -0.1) is 0 Å². The summed E-state index contributed by atoms with van der Waals surface area (Å²) < 4.78 is 0. The number of nitrogens with one attached hydrogen (secondary N) is 1. The molecule has 128 valence electrons. The lowest BCUT2D eigenvalue weighted by Gasteiger charge is -2.20. The molecule has 0 unspecified atom stereocenters. The van der Waals surface area contributed by atoms with Crippen molar-refractivity contribution in [3.05, 3.63) is 29.8 Å². The molecule has 1 aromatic carbocycles. The number of carbonyl (C=O) groups excluding carboxylic acids is 3. The molecule has 0 spiro atoms. The molecule has 1 saturated heterocycles.